The van der Waals surface area contributed by atoms with Crippen LogP contribution in [0.25, 0.3) is 0 Å². The van der Waals surface area contributed by atoms with E-state index in [0.29, 0.717) is 0 Å². The van der Waals surface area contributed by atoms with Gasteiger partial charge in [-0.3, -0.25) is 0 Å². The molecule has 0 saturated heterocycles. The number of ether oxygens (including phenoxy) is 1. The van der Waals surface area contributed by atoms with Crippen LogP contribution in [0.4, 0.5) is 0 Å². The minimum absolute atomic E-state index is 0.0881. The van der Waals surface area contributed by atoms with Gasteiger partial charge in [0.25, 0.3) is 0 Å². The zero-order valence-electron chi connectivity index (χ0n) is 7.65. The summed E-state index contributed by atoms with van der Waals surface area (Å²) in [6.07, 6.45) is -0.975. The summed E-state index contributed by atoms with van der Waals surface area (Å²) >= 11 is 0. The van der Waals surface area contributed by atoms with Crippen molar-refractivity contribution >= 4 is 5.97 Å². The Kier molecular flexibility index (Phi) is 5.10. The third kappa shape index (κ3) is 4.49. The highest BCUT2D eigenvalue weighted by Crippen LogP contribution is 2.05. The zero-order chi connectivity index (χ0) is 10.4. The molecule has 0 aromatic rings. The fourth-order valence-electron chi connectivity index (χ4n) is 0.533. The van der Waals surface area contributed by atoms with Crippen LogP contribution in [-0.4, -0.2) is 40.6 Å². The molecule has 76 valence electrons. The topological polar surface area (TPSA) is 87.0 Å². The number of aliphatic hydroxyl groups is 2. The molecule has 1 atom stereocenters. The molecule has 0 aliphatic heterocycles. The molecule has 5 heteroatoms. The molecule has 3 N–H and O–H groups in total. The van der Waals surface area contributed by atoms with Crippen LogP contribution >= 0.6 is 0 Å². The predicted octanol–water partition coefficient (Wildman–Crippen LogP) is -0.265. The maximum absolute atomic E-state index is 10.4. The van der Waals surface area contributed by atoms with E-state index in [9.17, 15) is 4.79 Å². The molecule has 0 aliphatic carbocycles. The summed E-state index contributed by atoms with van der Waals surface area (Å²) in [4.78, 5) is 10.4. The van der Waals surface area contributed by atoms with Gasteiger partial charge < -0.3 is 20.1 Å². The standard InChI is InChI=1S/C8H14O5/c1-5(8(11)12)6(2)13-4-7(10)3-9/h7,9-10H,3-4H2,1-2H3,(H,11,12). The summed E-state index contributed by atoms with van der Waals surface area (Å²) in [6.45, 7) is 2.39. The maximum atomic E-state index is 10.4. The van der Waals surface area contributed by atoms with E-state index in [1.807, 2.05) is 0 Å². The van der Waals surface area contributed by atoms with E-state index < -0.39 is 18.7 Å². The van der Waals surface area contributed by atoms with Gasteiger partial charge in [-0.15, -0.1) is 0 Å². The van der Waals surface area contributed by atoms with Crippen LogP contribution in [0.1, 0.15) is 13.8 Å². The molecule has 1 unspecified atom stereocenters. The van der Waals surface area contributed by atoms with Crippen molar-refractivity contribution in [3.05, 3.63) is 11.3 Å². The minimum Gasteiger partial charge on any atom is -0.495 e. The van der Waals surface area contributed by atoms with Gasteiger partial charge in [0.1, 0.15) is 18.5 Å². The van der Waals surface area contributed by atoms with Crippen LogP contribution in [0.15, 0.2) is 11.3 Å². The molecule has 0 bridgehead atoms. The van der Waals surface area contributed by atoms with Gasteiger partial charge in [0, 0.05) is 0 Å². The number of carbonyl (C=O) groups is 1. The van der Waals surface area contributed by atoms with E-state index >= 15 is 0 Å². The molecule has 0 aliphatic rings. The van der Waals surface area contributed by atoms with E-state index in [1.165, 1.54) is 13.8 Å². The lowest BCUT2D eigenvalue weighted by Crippen LogP contribution is -2.19. The van der Waals surface area contributed by atoms with Crippen LogP contribution < -0.4 is 0 Å². The Bertz CT molecular complexity index is 209. The minimum atomic E-state index is -1.06. The van der Waals surface area contributed by atoms with E-state index in [-0.39, 0.29) is 17.9 Å². The van der Waals surface area contributed by atoms with Gasteiger partial charge in [-0.25, -0.2) is 4.79 Å². The molecule has 0 spiro atoms. The van der Waals surface area contributed by atoms with Crippen LogP contribution in [-0.2, 0) is 9.53 Å². The van der Waals surface area contributed by atoms with Crippen LogP contribution in [0.3, 0.4) is 0 Å². The molecule has 5 nitrogen and oxygen atoms in total. The Labute approximate surface area is 76.3 Å². The van der Waals surface area contributed by atoms with Crippen molar-refractivity contribution < 1.29 is 24.9 Å². The van der Waals surface area contributed by atoms with Crippen LogP contribution in [0.5, 0.6) is 0 Å². The molecule has 0 amide bonds. The average Bonchev–Trinajstić information content (AvgIpc) is 2.11. The summed E-state index contributed by atoms with van der Waals surface area (Å²) in [5, 5.41) is 25.8. The smallest absolute Gasteiger partial charge is 0.334 e. The molecule has 0 saturated carbocycles. The Morgan fingerprint density at radius 1 is 1.46 bits per heavy atom. The number of aliphatic carboxylic acids is 1. The van der Waals surface area contributed by atoms with Crippen molar-refractivity contribution in [1.82, 2.24) is 0 Å². The van der Waals surface area contributed by atoms with Crippen molar-refractivity contribution in [2.45, 2.75) is 20.0 Å². The number of carboxylic acid groups (broad SMARTS) is 1. The molecule has 0 heterocycles. The largest absolute Gasteiger partial charge is 0.495 e. The SMILES string of the molecule is CC(OCC(O)CO)=C(C)C(=O)O. The van der Waals surface area contributed by atoms with Gasteiger partial charge in [-0.1, -0.05) is 0 Å². The van der Waals surface area contributed by atoms with E-state index in [2.05, 4.69) is 0 Å². The normalized spacial score (nSPS) is 14.8. The number of hydrogen-bond donors (Lipinski definition) is 3. The van der Waals surface area contributed by atoms with Gasteiger partial charge in [-0.2, -0.15) is 0 Å². The quantitative estimate of drug-likeness (QED) is 0.410. The number of aliphatic hydroxyl groups excluding tert-OH is 2. The fourth-order valence-corrected chi connectivity index (χ4v) is 0.533. The van der Waals surface area contributed by atoms with E-state index in [1.54, 1.807) is 0 Å². The second kappa shape index (κ2) is 5.55. The lowest BCUT2D eigenvalue weighted by molar-refractivity contribution is -0.132. The van der Waals surface area contributed by atoms with Crippen molar-refractivity contribution in [3.63, 3.8) is 0 Å². The average molecular weight is 190 g/mol. The highest BCUT2D eigenvalue weighted by Gasteiger charge is 2.08. The van der Waals surface area contributed by atoms with Gasteiger partial charge in [-0.05, 0) is 13.8 Å². The molecule has 0 rings (SSSR count). The first-order valence-electron chi connectivity index (χ1n) is 3.81. The van der Waals surface area contributed by atoms with E-state index in [0.717, 1.165) is 0 Å². The first kappa shape index (κ1) is 11.9. The summed E-state index contributed by atoms with van der Waals surface area (Å²) in [5.74, 6) is -0.823. The fraction of sp³-hybridized carbons (Fsp3) is 0.625. The van der Waals surface area contributed by atoms with Crippen molar-refractivity contribution in [2.75, 3.05) is 13.2 Å². The van der Waals surface area contributed by atoms with Crippen LogP contribution in [0.2, 0.25) is 0 Å². The second-order valence-electron chi connectivity index (χ2n) is 2.63. The maximum Gasteiger partial charge on any atom is 0.334 e. The third-order valence-electron chi connectivity index (χ3n) is 1.55. The summed E-state index contributed by atoms with van der Waals surface area (Å²) in [7, 11) is 0. The Morgan fingerprint density at radius 3 is 2.38 bits per heavy atom. The lowest BCUT2D eigenvalue weighted by Gasteiger charge is -2.10. The molecule has 0 fully saturated rings. The summed E-state index contributed by atoms with van der Waals surface area (Å²) in [6, 6.07) is 0. The lowest BCUT2D eigenvalue weighted by atomic mass is 10.3. The molecular formula is C8H14O5. The third-order valence-corrected chi connectivity index (χ3v) is 1.55. The van der Waals surface area contributed by atoms with Gasteiger partial charge in [0.2, 0.25) is 0 Å². The first-order chi connectivity index (χ1) is 5.99. The van der Waals surface area contributed by atoms with Crippen molar-refractivity contribution in [2.24, 2.45) is 0 Å². The number of hydrogen-bond acceptors (Lipinski definition) is 4. The highest BCUT2D eigenvalue weighted by atomic mass is 16.5. The monoisotopic (exact) mass is 190 g/mol. The summed E-state index contributed by atoms with van der Waals surface area (Å²) in [5.41, 5.74) is 0.0881. The van der Waals surface area contributed by atoms with E-state index in [4.69, 9.17) is 20.1 Å². The molecular weight excluding hydrogens is 176 g/mol. The van der Waals surface area contributed by atoms with Gasteiger partial charge in [0.15, 0.2) is 0 Å². The Morgan fingerprint density at radius 2 is 2.00 bits per heavy atom. The predicted molar refractivity (Wildman–Crippen MR) is 45.1 cm³/mol. The van der Waals surface area contributed by atoms with Gasteiger partial charge >= 0.3 is 5.97 Å². The zero-order valence-corrected chi connectivity index (χ0v) is 7.65. The van der Waals surface area contributed by atoms with Crippen LogP contribution in [0, 0.1) is 0 Å². The molecule has 0 aromatic heterocycles. The molecule has 0 radical (unpaired) electrons. The number of rotatable bonds is 5. The molecule has 13 heavy (non-hydrogen) atoms. The second-order valence-corrected chi connectivity index (χ2v) is 2.63. The number of carboxylic acids is 1. The molecule has 0 aromatic carbocycles. The first-order valence-corrected chi connectivity index (χ1v) is 3.81. The Hall–Kier alpha value is -1.07. The van der Waals surface area contributed by atoms with Crippen molar-refractivity contribution in [3.8, 4) is 0 Å². The van der Waals surface area contributed by atoms with Gasteiger partial charge in [0.05, 0.1) is 12.2 Å². The van der Waals surface area contributed by atoms with Crippen molar-refractivity contribution in [1.29, 1.82) is 0 Å². The highest BCUT2D eigenvalue weighted by molar-refractivity contribution is 5.86. The summed E-state index contributed by atoms with van der Waals surface area (Å²) < 4.78 is 4.91. The number of allylic oxidation sites excluding steroid dienone is 1. The Balaban J connectivity index is 4.06.